The molecule has 2 rings (SSSR count). The molecule has 1 amide bonds. The second-order valence-electron chi connectivity index (χ2n) is 4.34. The van der Waals surface area contributed by atoms with Crippen LogP contribution in [0.25, 0.3) is 6.08 Å². The molecule has 5 nitrogen and oxygen atoms in total. The van der Waals surface area contributed by atoms with Crippen molar-refractivity contribution in [3.8, 4) is 5.75 Å². The number of hydroxylamine groups is 1. The third kappa shape index (κ3) is 3.70. The van der Waals surface area contributed by atoms with Crippen molar-refractivity contribution in [2.45, 2.75) is 6.54 Å². The molecule has 6 heteroatoms. The largest absolute Gasteiger partial charge is 0.494 e. The van der Waals surface area contributed by atoms with Crippen LogP contribution < -0.4 is 10.2 Å². The van der Waals surface area contributed by atoms with E-state index in [-0.39, 0.29) is 5.75 Å². The Bertz CT molecular complexity index is 665. The number of carbonyl (C=O) groups is 1. The lowest BCUT2D eigenvalue weighted by Gasteiger charge is -2.09. The summed E-state index contributed by atoms with van der Waals surface area (Å²) in [5, 5.41) is 8.44. The fourth-order valence-electron chi connectivity index (χ4n) is 1.92. The van der Waals surface area contributed by atoms with Crippen LogP contribution in [0.15, 0.2) is 42.6 Å². The van der Waals surface area contributed by atoms with Crippen molar-refractivity contribution in [3.63, 3.8) is 0 Å². The van der Waals surface area contributed by atoms with Gasteiger partial charge in [0.15, 0.2) is 11.6 Å². The molecule has 2 aromatic rings. The number of halogens is 1. The lowest BCUT2D eigenvalue weighted by Crippen LogP contribution is -2.15. The highest BCUT2D eigenvalue weighted by atomic mass is 19.1. The van der Waals surface area contributed by atoms with Gasteiger partial charge in [0.1, 0.15) is 0 Å². The zero-order valence-electron chi connectivity index (χ0n) is 11.4. The van der Waals surface area contributed by atoms with E-state index in [1.54, 1.807) is 18.2 Å². The highest BCUT2D eigenvalue weighted by molar-refractivity contribution is 5.90. The van der Waals surface area contributed by atoms with Crippen molar-refractivity contribution in [1.29, 1.82) is 0 Å². The maximum Gasteiger partial charge on any atom is 0.267 e. The minimum Gasteiger partial charge on any atom is -0.494 e. The average Bonchev–Trinajstić information content (AvgIpc) is 2.93. The first kappa shape index (κ1) is 14.8. The van der Waals surface area contributed by atoms with E-state index in [1.165, 1.54) is 24.7 Å². The molecule has 0 aliphatic heterocycles. The molecule has 110 valence electrons. The summed E-state index contributed by atoms with van der Waals surface area (Å²) in [4.78, 5) is 11.0. The Balaban J connectivity index is 2.19. The highest BCUT2D eigenvalue weighted by Gasteiger charge is 2.05. The van der Waals surface area contributed by atoms with Gasteiger partial charge >= 0.3 is 0 Å². The Labute approximate surface area is 121 Å². The molecule has 0 aliphatic rings. The molecule has 0 atom stereocenters. The van der Waals surface area contributed by atoms with Gasteiger partial charge in [-0.3, -0.25) is 10.0 Å². The normalized spacial score (nSPS) is 10.8. The van der Waals surface area contributed by atoms with E-state index in [2.05, 4.69) is 0 Å². The Kier molecular flexibility index (Phi) is 4.73. The van der Waals surface area contributed by atoms with Gasteiger partial charge in [0, 0.05) is 24.5 Å². The topological polar surface area (TPSA) is 63.5 Å². The number of methoxy groups -OCH3 is 1. The molecule has 0 bridgehead atoms. The Morgan fingerprint density at radius 3 is 3.00 bits per heavy atom. The third-order valence-corrected chi connectivity index (χ3v) is 2.95. The van der Waals surface area contributed by atoms with Crippen molar-refractivity contribution >= 4 is 12.0 Å². The van der Waals surface area contributed by atoms with E-state index < -0.39 is 11.7 Å². The SMILES string of the molecule is COc1cc(Cn2cccc2/C=C/C(=O)NO)ccc1F. The average molecular weight is 290 g/mol. The predicted molar refractivity (Wildman–Crippen MR) is 75.4 cm³/mol. The first-order valence-corrected chi connectivity index (χ1v) is 6.23. The minimum atomic E-state index is -0.605. The van der Waals surface area contributed by atoms with Gasteiger partial charge in [-0.15, -0.1) is 0 Å². The van der Waals surface area contributed by atoms with E-state index in [0.29, 0.717) is 6.54 Å². The predicted octanol–water partition coefficient (Wildman–Crippen LogP) is 2.20. The first-order valence-electron chi connectivity index (χ1n) is 6.23. The number of benzene rings is 1. The van der Waals surface area contributed by atoms with Crippen LogP contribution in [0.3, 0.4) is 0 Å². The molecular formula is C15H15FN2O3. The molecule has 1 aromatic heterocycles. The molecule has 0 spiro atoms. The summed E-state index contributed by atoms with van der Waals surface area (Å²) in [7, 11) is 1.42. The Morgan fingerprint density at radius 1 is 1.48 bits per heavy atom. The molecular weight excluding hydrogens is 275 g/mol. The zero-order valence-corrected chi connectivity index (χ0v) is 11.4. The number of nitrogens with zero attached hydrogens (tertiary/aromatic N) is 1. The monoisotopic (exact) mass is 290 g/mol. The van der Waals surface area contributed by atoms with Gasteiger partial charge in [-0.1, -0.05) is 6.07 Å². The Hall–Kier alpha value is -2.60. The molecule has 21 heavy (non-hydrogen) atoms. The number of aromatic nitrogens is 1. The van der Waals surface area contributed by atoms with Gasteiger partial charge in [0.2, 0.25) is 0 Å². The van der Waals surface area contributed by atoms with Crippen LogP contribution in [0.5, 0.6) is 5.75 Å². The first-order chi connectivity index (χ1) is 10.1. The molecule has 0 unspecified atom stereocenters. The smallest absolute Gasteiger partial charge is 0.267 e. The number of ether oxygens (including phenoxy) is 1. The van der Waals surface area contributed by atoms with Crippen LogP contribution >= 0.6 is 0 Å². The molecule has 0 radical (unpaired) electrons. The fraction of sp³-hybridized carbons (Fsp3) is 0.133. The molecule has 1 heterocycles. The van der Waals surface area contributed by atoms with Crippen molar-refractivity contribution in [2.75, 3.05) is 7.11 Å². The van der Waals surface area contributed by atoms with Crippen molar-refractivity contribution in [3.05, 3.63) is 59.7 Å². The zero-order chi connectivity index (χ0) is 15.2. The minimum absolute atomic E-state index is 0.191. The number of hydrogen-bond acceptors (Lipinski definition) is 3. The van der Waals surface area contributed by atoms with Gasteiger partial charge in [-0.25, -0.2) is 9.87 Å². The highest BCUT2D eigenvalue weighted by Crippen LogP contribution is 2.19. The van der Waals surface area contributed by atoms with E-state index >= 15 is 0 Å². The Morgan fingerprint density at radius 2 is 2.29 bits per heavy atom. The second-order valence-corrected chi connectivity index (χ2v) is 4.34. The number of carbonyl (C=O) groups excluding carboxylic acids is 1. The van der Waals surface area contributed by atoms with Gasteiger partial charge in [-0.05, 0) is 35.9 Å². The number of hydrogen-bond donors (Lipinski definition) is 2. The number of rotatable bonds is 5. The second kappa shape index (κ2) is 6.71. The summed E-state index contributed by atoms with van der Waals surface area (Å²) in [6, 6.07) is 8.31. The van der Waals surface area contributed by atoms with Crippen molar-refractivity contribution in [2.24, 2.45) is 0 Å². The van der Waals surface area contributed by atoms with E-state index in [9.17, 15) is 9.18 Å². The molecule has 2 N–H and O–H groups in total. The molecule has 0 fully saturated rings. The number of nitrogens with one attached hydrogen (secondary N) is 1. The molecule has 1 aromatic carbocycles. The lowest BCUT2D eigenvalue weighted by atomic mass is 10.2. The summed E-state index contributed by atoms with van der Waals surface area (Å²) < 4.78 is 20.2. The van der Waals surface area contributed by atoms with Gasteiger partial charge < -0.3 is 9.30 Å². The summed E-state index contributed by atoms with van der Waals surface area (Å²) in [5.74, 6) is -0.823. The maximum absolute atomic E-state index is 13.4. The van der Waals surface area contributed by atoms with Crippen LogP contribution in [-0.4, -0.2) is 22.8 Å². The van der Waals surface area contributed by atoms with Gasteiger partial charge in [-0.2, -0.15) is 0 Å². The standard InChI is InChI=1S/C15H15FN2O3/c1-21-14-9-11(4-6-13(14)16)10-18-8-2-3-12(18)5-7-15(19)17-20/h2-9,20H,10H2,1H3,(H,17,19)/b7-5+. The lowest BCUT2D eigenvalue weighted by molar-refractivity contribution is -0.124. The fourth-order valence-corrected chi connectivity index (χ4v) is 1.92. The van der Waals surface area contributed by atoms with E-state index in [1.807, 2.05) is 22.9 Å². The van der Waals surface area contributed by atoms with Gasteiger partial charge in [0.05, 0.1) is 7.11 Å². The molecule has 0 saturated carbocycles. The van der Waals surface area contributed by atoms with Crippen molar-refractivity contribution in [1.82, 2.24) is 10.0 Å². The molecule has 0 saturated heterocycles. The summed E-state index contributed by atoms with van der Waals surface area (Å²) in [6.45, 7) is 0.504. The third-order valence-electron chi connectivity index (χ3n) is 2.95. The van der Waals surface area contributed by atoms with E-state index in [0.717, 1.165) is 11.3 Å². The summed E-state index contributed by atoms with van der Waals surface area (Å²) >= 11 is 0. The molecule has 0 aliphatic carbocycles. The van der Waals surface area contributed by atoms with Crippen LogP contribution in [0.2, 0.25) is 0 Å². The van der Waals surface area contributed by atoms with Gasteiger partial charge in [0.25, 0.3) is 5.91 Å². The van der Waals surface area contributed by atoms with Crippen LogP contribution in [-0.2, 0) is 11.3 Å². The van der Waals surface area contributed by atoms with Crippen molar-refractivity contribution < 1.29 is 19.1 Å². The quantitative estimate of drug-likeness (QED) is 0.504. The van der Waals surface area contributed by atoms with Crippen LogP contribution in [0.4, 0.5) is 4.39 Å². The summed E-state index contributed by atoms with van der Waals surface area (Å²) in [5.41, 5.74) is 3.17. The number of amides is 1. The maximum atomic E-state index is 13.4. The summed E-state index contributed by atoms with van der Waals surface area (Å²) in [6.07, 6.45) is 4.63. The van der Waals surface area contributed by atoms with Crippen LogP contribution in [0, 0.1) is 5.82 Å². The van der Waals surface area contributed by atoms with Crippen LogP contribution in [0.1, 0.15) is 11.3 Å². The van der Waals surface area contributed by atoms with E-state index in [4.69, 9.17) is 9.94 Å².